The second kappa shape index (κ2) is 8.95. The Hall–Kier alpha value is -3.07. The second-order valence-corrected chi connectivity index (χ2v) is 7.68. The lowest BCUT2D eigenvalue weighted by atomic mass is 9.86. The monoisotopic (exact) mass is 394 g/mol. The first-order valence-electron chi connectivity index (χ1n) is 9.97. The molecule has 152 valence electrons. The highest BCUT2D eigenvalue weighted by atomic mass is 16.5. The van der Waals surface area contributed by atoms with Gasteiger partial charge in [0.25, 0.3) is 0 Å². The summed E-state index contributed by atoms with van der Waals surface area (Å²) in [4.78, 5) is 15.6. The molecule has 2 N–H and O–H groups in total. The van der Waals surface area contributed by atoms with Crippen molar-refractivity contribution in [1.82, 2.24) is 4.98 Å². The lowest BCUT2D eigenvalue weighted by Crippen LogP contribution is -2.12. The summed E-state index contributed by atoms with van der Waals surface area (Å²) in [5.74, 6) is -0.247. The number of hydrogen-bond acceptors (Lipinski definition) is 5. The number of aromatic hydroxyl groups is 1. The Balaban J connectivity index is 1.92. The summed E-state index contributed by atoms with van der Waals surface area (Å²) in [6.45, 7) is 3.27. The van der Waals surface area contributed by atoms with Gasteiger partial charge in [-0.1, -0.05) is 19.3 Å². The molecule has 3 rings (SSSR count). The fourth-order valence-corrected chi connectivity index (χ4v) is 4.12. The molecule has 0 atom stereocenters. The van der Waals surface area contributed by atoms with Crippen LogP contribution in [0.15, 0.2) is 18.2 Å². The summed E-state index contributed by atoms with van der Waals surface area (Å²) in [7, 11) is 0. The fraction of sp³-hybridized carbons (Fsp3) is 0.435. The zero-order valence-electron chi connectivity index (χ0n) is 16.9. The number of hydrogen-bond donors (Lipinski definition) is 2. The molecule has 0 radical (unpaired) electrons. The smallest absolute Gasteiger partial charge is 0.341 e. The van der Waals surface area contributed by atoms with Gasteiger partial charge in [-0.3, -0.25) is 4.98 Å². The number of carboxylic acid groups (broad SMARTS) is 1. The van der Waals surface area contributed by atoms with Gasteiger partial charge in [0, 0.05) is 18.0 Å². The SMILES string of the molecule is Cc1cc(OCC(=O)O)c(C#N)c(C)c1Cc1ccc(O)c(C2CCCCC2)n1. The van der Waals surface area contributed by atoms with Gasteiger partial charge >= 0.3 is 5.97 Å². The van der Waals surface area contributed by atoms with Crippen LogP contribution in [0.1, 0.15) is 71.7 Å². The summed E-state index contributed by atoms with van der Waals surface area (Å²) < 4.78 is 5.30. The standard InChI is InChI=1S/C23H26N2O4/c1-14-10-21(29-13-22(27)28)19(12-24)15(2)18(14)11-17-8-9-20(26)23(25-17)16-6-4-3-5-7-16/h8-10,16,26H,3-7,11,13H2,1-2H3,(H,27,28). The molecule has 1 aliphatic rings. The highest BCUT2D eigenvalue weighted by molar-refractivity contribution is 5.69. The fourth-order valence-electron chi connectivity index (χ4n) is 4.12. The molecule has 29 heavy (non-hydrogen) atoms. The molecule has 1 aliphatic carbocycles. The minimum absolute atomic E-state index is 0.254. The van der Waals surface area contributed by atoms with E-state index in [2.05, 4.69) is 6.07 Å². The maximum atomic E-state index is 10.8. The molecule has 0 aliphatic heterocycles. The van der Waals surface area contributed by atoms with Crippen LogP contribution in [-0.4, -0.2) is 27.8 Å². The van der Waals surface area contributed by atoms with Gasteiger partial charge in [-0.2, -0.15) is 5.26 Å². The number of aliphatic carboxylic acids is 1. The first-order chi connectivity index (χ1) is 13.9. The van der Waals surface area contributed by atoms with Crippen molar-refractivity contribution in [2.45, 2.75) is 58.3 Å². The zero-order chi connectivity index (χ0) is 21.0. The first kappa shape index (κ1) is 20.7. The Morgan fingerprint density at radius 2 is 2.00 bits per heavy atom. The largest absolute Gasteiger partial charge is 0.506 e. The van der Waals surface area contributed by atoms with Crippen molar-refractivity contribution in [2.24, 2.45) is 0 Å². The number of carbonyl (C=O) groups is 1. The summed E-state index contributed by atoms with van der Waals surface area (Å²) in [6, 6.07) is 7.39. The van der Waals surface area contributed by atoms with Crippen molar-refractivity contribution in [1.29, 1.82) is 5.26 Å². The predicted octanol–water partition coefficient (Wildman–Crippen LogP) is 4.38. The summed E-state index contributed by atoms with van der Waals surface area (Å²) in [5, 5.41) is 28.7. The molecule has 1 fully saturated rings. The lowest BCUT2D eigenvalue weighted by molar-refractivity contribution is -0.139. The van der Waals surface area contributed by atoms with Gasteiger partial charge in [0.15, 0.2) is 6.61 Å². The molecule has 6 heteroatoms. The van der Waals surface area contributed by atoms with Crippen molar-refractivity contribution in [3.63, 3.8) is 0 Å². The number of pyridine rings is 1. The van der Waals surface area contributed by atoms with Gasteiger partial charge < -0.3 is 14.9 Å². The van der Waals surface area contributed by atoms with E-state index in [9.17, 15) is 15.2 Å². The molecular formula is C23H26N2O4. The van der Waals surface area contributed by atoms with E-state index in [1.807, 2.05) is 19.9 Å². The van der Waals surface area contributed by atoms with Crippen LogP contribution >= 0.6 is 0 Å². The molecule has 6 nitrogen and oxygen atoms in total. The molecule has 0 saturated heterocycles. The van der Waals surface area contributed by atoms with Crippen LogP contribution < -0.4 is 4.74 Å². The molecule has 1 aromatic carbocycles. The summed E-state index contributed by atoms with van der Waals surface area (Å²) in [6.07, 6.45) is 6.20. The van der Waals surface area contributed by atoms with Crippen LogP contribution in [0.25, 0.3) is 0 Å². The highest BCUT2D eigenvalue weighted by Crippen LogP contribution is 2.36. The highest BCUT2D eigenvalue weighted by Gasteiger charge is 2.21. The number of nitriles is 1. The average molecular weight is 394 g/mol. The Kier molecular flexibility index (Phi) is 6.38. The second-order valence-electron chi connectivity index (χ2n) is 7.68. The number of nitrogens with zero attached hydrogens (tertiary/aromatic N) is 2. The molecule has 2 aromatic rings. The summed E-state index contributed by atoms with van der Waals surface area (Å²) >= 11 is 0. The van der Waals surface area contributed by atoms with Crippen molar-refractivity contribution in [3.8, 4) is 17.6 Å². The minimum atomic E-state index is -1.09. The van der Waals surface area contributed by atoms with E-state index in [0.29, 0.717) is 17.9 Å². The van der Waals surface area contributed by atoms with E-state index in [-0.39, 0.29) is 11.5 Å². The van der Waals surface area contributed by atoms with Crippen molar-refractivity contribution in [3.05, 3.63) is 51.8 Å². The predicted molar refractivity (Wildman–Crippen MR) is 108 cm³/mol. The Bertz CT molecular complexity index is 956. The van der Waals surface area contributed by atoms with Gasteiger partial charge in [-0.25, -0.2) is 4.79 Å². The molecule has 0 amide bonds. The van der Waals surface area contributed by atoms with E-state index in [1.54, 1.807) is 12.1 Å². The Morgan fingerprint density at radius 1 is 1.28 bits per heavy atom. The van der Waals surface area contributed by atoms with Gasteiger partial charge in [-0.05, 0) is 61.6 Å². The zero-order valence-corrected chi connectivity index (χ0v) is 16.9. The van der Waals surface area contributed by atoms with Gasteiger partial charge in [0.05, 0.1) is 11.3 Å². The third-order valence-corrected chi connectivity index (χ3v) is 5.67. The van der Waals surface area contributed by atoms with E-state index in [0.717, 1.165) is 53.8 Å². The minimum Gasteiger partial charge on any atom is -0.506 e. The molecule has 1 heterocycles. The number of aryl methyl sites for hydroxylation is 1. The van der Waals surface area contributed by atoms with Gasteiger partial charge in [0.1, 0.15) is 17.6 Å². The third kappa shape index (κ3) is 4.68. The number of aromatic nitrogens is 1. The van der Waals surface area contributed by atoms with E-state index < -0.39 is 12.6 Å². The van der Waals surface area contributed by atoms with Gasteiger partial charge in [-0.15, -0.1) is 0 Å². The first-order valence-corrected chi connectivity index (χ1v) is 9.97. The van der Waals surface area contributed by atoms with Crippen LogP contribution in [0.4, 0.5) is 0 Å². The van der Waals surface area contributed by atoms with E-state index in [4.69, 9.17) is 14.8 Å². The van der Waals surface area contributed by atoms with Gasteiger partial charge in [0.2, 0.25) is 0 Å². The van der Waals surface area contributed by atoms with Crippen molar-refractivity contribution >= 4 is 5.97 Å². The van der Waals surface area contributed by atoms with Crippen LogP contribution in [-0.2, 0) is 11.2 Å². The maximum absolute atomic E-state index is 10.8. The van der Waals surface area contributed by atoms with Crippen LogP contribution in [0, 0.1) is 25.2 Å². The van der Waals surface area contributed by atoms with E-state index >= 15 is 0 Å². The molecular weight excluding hydrogens is 368 g/mol. The number of carboxylic acids is 1. The average Bonchev–Trinajstić information content (AvgIpc) is 2.71. The van der Waals surface area contributed by atoms with Crippen molar-refractivity contribution < 1.29 is 19.7 Å². The number of ether oxygens (including phenoxy) is 1. The van der Waals surface area contributed by atoms with Crippen LogP contribution in [0.5, 0.6) is 11.5 Å². The lowest BCUT2D eigenvalue weighted by Gasteiger charge is -2.22. The third-order valence-electron chi connectivity index (χ3n) is 5.67. The maximum Gasteiger partial charge on any atom is 0.341 e. The molecule has 0 bridgehead atoms. The normalized spacial score (nSPS) is 14.4. The molecule has 1 aromatic heterocycles. The molecule has 0 spiro atoms. The van der Waals surface area contributed by atoms with E-state index in [1.165, 1.54) is 6.42 Å². The topological polar surface area (TPSA) is 103 Å². The number of rotatable bonds is 6. The Labute approximate surface area is 170 Å². The molecule has 1 saturated carbocycles. The summed E-state index contributed by atoms with van der Waals surface area (Å²) in [5.41, 5.74) is 4.62. The van der Waals surface area contributed by atoms with Crippen LogP contribution in [0.2, 0.25) is 0 Å². The number of benzene rings is 1. The Morgan fingerprint density at radius 3 is 2.66 bits per heavy atom. The van der Waals surface area contributed by atoms with Crippen molar-refractivity contribution in [2.75, 3.05) is 6.61 Å². The quantitative estimate of drug-likeness (QED) is 0.754. The van der Waals surface area contributed by atoms with Crippen LogP contribution in [0.3, 0.4) is 0 Å². The molecule has 0 unspecified atom stereocenters.